The summed E-state index contributed by atoms with van der Waals surface area (Å²) in [7, 11) is 1.90. The Morgan fingerprint density at radius 1 is 0.936 bits per heavy atom. The molecule has 0 unspecified atom stereocenters. The van der Waals surface area contributed by atoms with E-state index >= 15 is 0 Å². The first-order valence-corrected chi connectivity index (χ1v) is 16.0. The number of aromatic carboxylic acids is 1. The molecule has 0 radical (unpaired) electrons. The van der Waals surface area contributed by atoms with Crippen molar-refractivity contribution in [2.24, 2.45) is 7.05 Å². The van der Waals surface area contributed by atoms with Crippen molar-refractivity contribution in [2.75, 3.05) is 13.2 Å². The quantitative estimate of drug-likeness (QED) is 0.159. The predicted molar refractivity (Wildman–Crippen MR) is 180 cm³/mol. The summed E-state index contributed by atoms with van der Waals surface area (Å²) in [5.74, 6) is 0.663. The molecule has 4 aromatic carbocycles. The Balaban J connectivity index is 1.27. The van der Waals surface area contributed by atoms with E-state index in [1.165, 1.54) is 0 Å². The summed E-state index contributed by atoms with van der Waals surface area (Å²) in [5, 5.41) is 28.3. The van der Waals surface area contributed by atoms with Crippen molar-refractivity contribution < 1.29 is 29.2 Å². The summed E-state index contributed by atoms with van der Waals surface area (Å²) in [4.78, 5) is 13.0. The average molecular weight is 632 g/mol. The number of nitrogens with zero attached hydrogens (tertiary/aromatic N) is 3. The van der Waals surface area contributed by atoms with Gasteiger partial charge in [-0.15, -0.1) is 0 Å². The number of hydrogen-bond donors (Lipinski definition) is 2. The molecular weight excluding hydrogens is 594 g/mol. The fourth-order valence-corrected chi connectivity index (χ4v) is 6.69. The third kappa shape index (κ3) is 6.02. The molecule has 0 amide bonds. The van der Waals surface area contributed by atoms with Gasteiger partial charge in [0.1, 0.15) is 35.2 Å². The van der Waals surface area contributed by atoms with E-state index in [1.54, 1.807) is 24.3 Å². The van der Waals surface area contributed by atoms with Crippen molar-refractivity contribution in [3.63, 3.8) is 0 Å². The highest BCUT2D eigenvalue weighted by molar-refractivity contribution is 6.04. The SMILES string of the molecule is Cn1nc(COc2ccc(O)cc2)c2c1COCCCCn1c(C(=O)O)c(CCCOc3cccc4ccccc34)c3cccc-2c31. The van der Waals surface area contributed by atoms with E-state index in [9.17, 15) is 15.0 Å². The minimum Gasteiger partial charge on any atom is -0.508 e. The molecule has 0 fully saturated rings. The number of carboxylic acid groups (broad SMARTS) is 1. The monoisotopic (exact) mass is 631 g/mol. The predicted octanol–water partition coefficient (Wildman–Crippen LogP) is 7.50. The van der Waals surface area contributed by atoms with E-state index in [0.717, 1.165) is 68.3 Å². The topological polar surface area (TPSA) is 108 Å². The van der Waals surface area contributed by atoms with Gasteiger partial charge in [0.05, 0.1) is 24.4 Å². The van der Waals surface area contributed by atoms with Crippen LogP contribution in [0.4, 0.5) is 0 Å². The Labute approximate surface area is 272 Å². The molecule has 0 aliphatic carbocycles. The number of para-hydroxylation sites is 1. The Bertz CT molecular complexity index is 2060. The number of aromatic hydroxyl groups is 1. The van der Waals surface area contributed by atoms with Crippen LogP contribution >= 0.6 is 0 Å². The lowest BCUT2D eigenvalue weighted by atomic mass is 9.98. The Morgan fingerprint density at radius 3 is 2.57 bits per heavy atom. The summed E-state index contributed by atoms with van der Waals surface area (Å²) in [6, 6.07) is 26.8. The first kappa shape index (κ1) is 30.4. The first-order valence-electron chi connectivity index (χ1n) is 16.0. The van der Waals surface area contributed by atoms with Gasteiger partial charge in [0.15, 0.2) is 0 Å². The summed E-state index contributed by atoms with van der Waals surface area (Å²) in [6.45, 7) is 2.14. The van der Waals surface area contributed by atoms with Crippen LogP contribution in [-0.2, 0) is 38.0 Å². The normalized spacial score (nSPS) is 13.3. The van der Waals surface area contributed by atoms with Crippen LogP contribution in [0.5, 0.6) is 17.2 Å². The highest BCUT2D eigenvalue weighted by Crippen LogP contribution is 2.39. The van der Waals surface area contributed by atoms with Crippen LogP contribution in [0.1, 0.15) is 46.7 Å². The molecule has 9 nitrogen and oxygen atoms in total. The standard InChI is InChI=1S/C38H37N3O6/c1-40-33-24-45-21-5-4-20-41-36-29(12-7-13-31(36)35(33)32(39-40)23-47-27-18-16-26(42)17-19-27)30(37(41)38(43)44)14-8-22-46-34-15-6-10-25-9-2-3-11-28(25)34/h2-3,6-7,9-13,15-19,42H,4-5,8,14,20-24H2,1H3,(H,43,44). The van der Waals surface area contributed by atoms with Gasteiger partial charge in [-0.3, -0.25) is 4.68 Å². The number of phenols is 1. The maximum atomic E-state index is 13.0. The third-order valence-electron chi connectivity index (χ3n) is 8.85. The zero-order valence-electron chi connectivity index (χ0n) is 26.3. The maximum Gasteiger partial charge on any atom is 0.352 e. The second-order valence-electron chi connectivity index (χ2n) is 11.8. The number of phenolic OH excluding ortho intramolecular Hbond substituents is 1. The summed E-state index contributed by atoms with van der Waals surface area (Å²) >= 11 is 0. The molecule has 9 heteroatoms. The van der Waals surface area contributed by atoms with Crippen molar-refractivity contribution in [3.05, 3.63) is 108 Å². The second-order valence-corrected chi connectivity index (χ2v) is 11.8. The molecule has 1 aliphatic rings. The number of aryl methyl sites for hydroxylation is 3. The van der Waals surface area contributed by atoms with Crippen molar-refractivity contribution >= 4 is 27.6 Å². The van der Waals surface area contributed by atoms with Gasteiger partial charge >= 0.3 is 5.97 Å². The fourth-order valence-electron chi connectivity index (χ4n) is 6.69. The van der Waals surface area contributed by atoms with Gasteiger partial charge < -0.3 is 29.0 Å². The summed E-state index contributed by atoms with van der Waals surface area (Å²) < 4.78 is 22.3. The summed E-state index contributed by atoms with van der Waals surface area (Å²) in [6.07, 6.45) is 2.80. The van der Waals surface area contributed by atoms with E-state index in [4.69, 9.17) is 19.3 Å². The Morgan fingerprint density at radius 2 is 1.72 bits per heavy atom. The van der Waals surface area contributed by atoms with Gasteiger partial charge in [-0.05, 0) is 67.0 Å². The molecule has 0 atom stereocenters. The lowest BCUT2D eigenvalue weighted by Crippen LogP contribution is -2.12. The van der Waals surface area contributed by atoms with Gasteiger partial charge in [-0.25, -0.2) is 4.79 Å². The average Bonchev–Trinajstić information content (AvgIpc) is 3.56. The zero-order chi connectivity index (χ0) is 32.3. The maximum absolute atomic E-state index is 13.0. The van der Waals surface area contributed by atoms with Crippen molar-refractivity contribution in [1.82, 2.24) is 14.3 Å². The van der Waals surface area contributed by atoms with Crippen molar-refractivity contribution in [2.45, 2.75) is 45.4 Å². The fraction of sp³-hybridized carbons (Fsp3) is 0.263. The van der Waals surface area contributed by atoms with E-state index in [-0.39, 0.29) is 12.4 Å². The molecule has 2 N–H and O–H groups in total. The van der Waals surface area contributed by atoms with E-state index in [0.29, 0.717) is 50.7 Å². The molecule has 7 rings (SSSR count). The van der Waals surface area contributed by atoms with Gasteiger partial charge in [0, 0.05) is 42.1 Å². The third-order valence-corrected chi connectivity index (χ3v) is 8.85. The molecule has 2 aromatic heterocycles. The molecule has 0 saturated heterocycles. The van der Waals surface area contributed by atoms with Gasteiger partial charge in [0.25, 0.3) is 0 Å². The Kier molecular flexibility index (Phi) is 8.54. The minimum absolute atomic E-state index is 0.165. The van der Waals surface area contributed by atoms with Crippen molar-refractivity contribution in [1.29, 1.82) is 0 Å². The molecule has 1 aliphatic heterocycles. The minimum atomic E-state index is -0.939. The first-order chi connectivity index (χ1) is 23.0. The highest BCUT2D eigenvalue weighted by Gasteiger charge is 2.28. The number of carbonyl (C=O) groups is 1. The van der Waals surface area contributed by atoms with Crippen LogP contribution in [0.15, 0.2) is 84.9 Å². The molecule has 240 valence electrons. The zero-order valence-corrected chi connectivity index (χ0v) is 26.3. The smallest absolute Gasteiger partial charge is 0.352 e. The van der Waals surface area contributed by atoms with E-state index in [1.807, 2.05) is 58.8 Å². The molecule has 0 saturated carbocycles. The number of ether oxygens (including phenoxy) is 3. The van der Waals surface area contributed by atoms with Gasteiger partial charge in [0.2, 0.25) is 0 Å². The van der Waals surface area contributed by atoms with E-state index < -0.39 is 5.97 Å². The van der Waals surface area contributed by atoms with Crippen LogP contribution in [0.2, 0.25) is 0 Å². The van der Waals surface area contributed by atoms with Crippen LogP contribution in [0, 0.1) is 0 Å². The molecule has 0 spiro atoms. The van der Waals surface area contributed by atoms with E-state index in [2.05, 4.69) is 18.2 Å². The molecular formula is C38H37N3O6. The number of carboxylic acids is 1. The Hall–Kier alpha value is -5.28. The lowest BCUT2D eigenvalue weighted by Gasteiger charge is -2.13. The molecule has 0 bridgehead atoms. The van der Waals surface area contributed by atoms with Crippen LogP contribution in [0.25, 0.3) is 32.8 Å². The number of benzene rings is 4. The highest BCUT2D eigenvalue weighted by atomic mass is 16.5. The largest absolute Gasteiger partial charge is 0.508 e. The molecule has 47 heavy (non-hydrogen) atoms. The number of hydrogen-bond acceptors (Lipinski definition) is 6. The summed E-state index contributed by atoms with van der Waals surface area (Å²) in [5.41, 5.74) is 5.44. The van der Waals surface area contributed by atoms with Crippen LogP contribution in [0.3, 0.4) is 0 Å². The molecule has 3 heterocycles. The number of fused-ring (bicyclic) bond motifs is 3. The van der Waals surface area contributed by atoms with Gasteiger partial charge in [-0.1, -0.05) is 54.6 Å². The number of rotatable bonds is 9. The van der Waals surface area contributed by atoms with Gasteiger partial charge in [-0.2, -0.15) is 5.10 Å². The van der Waals surface area contributed by atoms with Crippen molar-refractivity contribution in [3.8, 4) is 28.4 Å². The van der Waals surface area contributed by atoms with Crippen LogP contribution in [-0.4, -0.2) is 43.7 Å². The molecule has 6 aromatic rings. The second kappa shape index (κ2) is 13.2. The number of aromatic nitrogens is 3. The van der Waals surface area contributed by atoms with Crippen LogP contribution < -0.4 is 9.47 Å². The lowest BCUT2D eigenvalue weighted by molar-refractivity contribution is 0.0683.